The number of aromatic nitrogens is 4. The number of furan rings is 1. The molecule has 3 aromatic heterocycles. The molecule has 0 saturated carbocycles. The zero-order chi connectivity index (χ0) is 23.4. The average Bonchev–Trinajstić information content (AvgIpc) is 3.50. The molecule has 0 radical (unpaired) electrons. The highest BCUT2D eigenvalue weighted by atomic mass is 35.5. The second kappa shape index (κ2) is 7.75. The van der Waals surface area contributed by atoms with Crippen molar-refractivity contribution in [3.05, 3.63) is 96.3 Å². The van der Waals surface area contributed by atoms with Gasteiger partial charge in [0.2, 0.25) is 11.2 Å². The topological polar surface area (TPSA) is 77.8 Å². The lowest BCUT2D eigenvalue weighted by Crippen LogP contribution is -1.97. The zero-order valence-corrected chi connectivity index (χ0v) is 18.9. The molecule has 0 amide bonds. The van der Waals surface area contributed by atoms with Gasteiger partial charge in [0.15, 0.2) is 17.2 Å². The Bertz CT molecular complexity index is 1880. The van der Waals surface area contributed by atoms with Crippen molar-refractivity contribution < 1.29 is 8.83 Å². The lowest BCUT2D eigenvalue weighted by Gasteiger charge is -2.05. The van der Waals surface area contributed by atoms with Crippen molar-refractivity contribution in [2.75, 3.05) is 0 Å². The summed E-state index contributed by atoms with van der Waals surface area (Å²) >= 11 is 6.39. The van der Waals surface area contributed by atoms with E-state index in [4.69, 9.17) is 25.4 Å². The Hall–Kier alpha value is -4.55. The molecule has 166 valence electrons. The van der Waals surface area contributed by atoms with Gasteiger partial charge in [-0.05, 0) is 48.0 Å². The van der Waals surface area contributed by atoms with Gasteiger partial charge in [-0.25, -0.2) is 9.97 Å². The van der Waals surface area contributed by atoms with Gasteiger partial charge in [0, 0.05) is 16.3 Å². The van der Waals surface area contributed by atoms with Crippen LogP contribution in [0.4, 0.5) is 0 Å². The van der Waals surface area contributed by atoms with Crippen LogP contribution in [0.2, 0.25) is 5.28 Å². The first-order valence-corrected chi connectivity index (χ1v) is 11.4. The van der Waals surface area contributed by atoms with Crippen LogP contribution in [0.15, 0.2) is 99.8 Å². The summed E-state index contributed by atoms with van der Waals surface area (Å²) in [5, 5.41) is 2.10. The lowest BCUT2D eigenvalue weighted by molar-refractivity contribution is 0.620. The van der Waals surface area contributed by atoms with E-state index in [0.29, 0.717) is 39.8 Å². The lowest BCUT2D eigenvalue weighted by atomic mass is 10.1. The van der Waals surface area contributed by atoms with E-state index in [0.717, 1.165) is 27.5 Å². The molecular weight excluding hydrogens is 460 g/mol. The van der Waals surface area contributed by atoms with Crippen LogP contribution in [0.5, 0.6) is 0 Å². The fourth-order valence-corrected chi connectivity index (χ4v) is 4.50. The third-order valence-electron chi connectivity index (χ3n) is 5.93. The quantitative estimate of drug-likeness (QED) is 0.263. The molecule has 0 spiro atoms. The second-order valence-corrected chi connectivity index (χ2v) is 8.41. The SMILES string of the molecule is Clc1nc(-c2cccc3nc(-c4ccccc4)oc23)nc(-c2cccc3c2oc2ccccc23)n1. The van der Waals surface area contributed by atoms with Gasteiger partial charge in [0.05, 0.1) is 11.1 Å². The Labute approximate surface area is 203 Å². The van der Waals surface area contributed by atoms with E-state index in [-0.39, 0.29) is 5.28 Å². The summed E-state index contributed by atoms with van der Waals surface area (Å²) in [7, 11) is 0. The van der Waals surface area contributed by atoms with Crippen molar-refractivity contribution in [2.24, 2.45) is 0 Å². The molecule has 0 aliphatic heterocycles. The van der Waals surface area contributed by atoms with Crippen molar-refractivity contribution in [3.63, 3.8) is 0 Å². The molecule has 7 heteroatoms. The minimum Gasteiger partial charge on any atom is -0.455 e. The third-order valence-corrected chi connectivity index (χ3v) is 6.10. The number of para-hydroxylation sites is 3. The van der Waals surface area contributed by atoms with Gasteiger partial charge in [0.1, 0.15) is 16.7 Å². The van der Waals surface area contributed by atoms with E-state index in [9.17, 15) is 0 Å². The summed E-state index contributed by atoms with van der Waals surface area (Å²) in [6.07, 6.45) is 0. The van der Waals surface area contributed by atoms with Gasteiger partial charge in [-0.3, -0.25) is 0 Å². The van der Waals surface area contributed by atoms with E-state index in [2.05, 4.69) is 15.0 Å². The number of fused-ring (bicyclic) bond motifs is 4. The van der Waals surface area contributed by atoms with Crippen molar-refractivity contribution in [1.82, 2.24) is 19.9 Å². The first-order chi connectivity index (χ1) is 17.2. The molecule has 6 nitrogen and oxygen atoms in total. The van der Waals surface area contributed by atoms with Crippen molar-refractivity contribution in [1.29, 1.82) is 0 Å². The molecule has 0 aliphatic carbocycles. The summed E-state index contributed by atoms with van der Waals surface area (Å²) in [5.74, 6) is 1.35. The zero-order valence-electron chi connectivity index (χ0n) is 18.1. The minimum absolute atomic E-state index is 0.0814. The highest BCUT2D eigenvalue weighted by Crippen LogP contribution is 2.36. The molecule has 35 heavy (non-hydrogen) atoms. The maximum absolute atomic E-state index is 6.39. The van der Waals surface area contributed by atoms with E-state index >= 15 is 0 Å². The molecule has 0 fully saturated rings. The molecule has 0 saturated heterocycles. The summed E-state index contributed by atoms with van der Waals surface area (Å²) in [5.41, 5.74) is 5.10. The fourth-order valence-electron chi connectivity index (χ4n) is 4.34. The molecule has 0 atom stereocenters. The molecule has 4 aromatic carbocycles. The number of oxazole rings is 1. The van der Waals surface area contributed by atoms with E-state index in [1.807, 2.05) is 91.0 Å². The van der Waals surface area contributed by atoms with Gasteiger partial charge in [-0.15, -0.1) is 0 Å². The van der Waals surface area contributed by atoms with Crippen LogP contribution in [0, 0.1) is 0 Å². The Balaban J connectivity index is 1.42. The van der Waals surface area contributed by atoms with E-state index < -0.39 is 0 Å². The number of benzene rings is 4. The van der Waals surface area contributed by atoms with Crippen LogP contribution < -0.4 is 0 Å². The minimum atomic E-state index is 0.0814. The van der Waals surface area contributed by atoms with Crippen LogP contribution >= 0.6 is 11.6 Å². The Morgan fingerprint density at radius 2 is 1.23 bits per heavy atom. The molecule has 7 rings (SSSR count). The maximum atomic E-state index is 6.39. The van der Waals surface area contributed by atoms with Gasteiger partial charge in [0.25, 0.3) is 0 Å². The van der Waals surface area contributed by atoms with Gasteiger partial charge < -0.3 is 8.83 Å². The first kappa shape index (κ1) is 19.9. The predicted molar refractivity (Wildman–Crippen MR) is 136 cm³/mol. The van der Waals surface area contributed by atoms with Gasteiger partial charge in [-0.2, -0.15) is 9.97 Å². The standard InChI is InChI=1S/C28H15ClN4O2/c29-28-32-25(19-12-6-11-18-17-10-4-5-15-22(17)34-23(18)19)31-26(33-28)20-13-7-14-21-24(20)35-27(30-21)16-8-2-1-3-9-16/h1-15H. The van der Waals surface area contributed by atoms with Crippen LogP contribution in [0.1, 0.15) is 0 Å². The highest BCUT2D eigenvalue weighted by Gasteiger charge is 2.19. The molecule has 7 aromatic rings. The van der Waals surface area contributed by atoms with Crippen LogP contribution in [0.3, 0.4) is 0 Å². The van der Waals surface area contributed by atoms with E-state index in [1.54, 1.807) is 0 Å². The second-order valence-electron chi connectivity index (χ2n) is 8.07. The fraction of sp³-hybridized carbons (Fsp3) is 0. The Morgan fingerprint density at radius 3 is 2.06 bits per heavy atom. The number of rotatable bonds is 3. The van der Waals surface area contributed by atoms with Crippen LogP contribution in [0.25, 0.3) is 67.3 Å². The summed E-state index contributed by atoms with van der Waals surface area (Å²) < 4.78 is 12.3. The van der Waals surface area contributed by atoms with Crippen molar-refractivity contribution in [2.45, 2.75) is 0 Å². The van der Waals surface area contributed by atoms with Crippen molar-refractivity contribution >= 4 is 44.6 Å². The summed E-state index contributed by atoms with van der Waals surface area (Å²) in [6.45, 7) is 0. The molecule has 0 N–H and O–H groups in total. The average molecular weight is 475 g/mol. The summed E-state index contributed by atoms with van der Waals surface area (Å²) in [6, 6.07) is 29.3. The Kier molecular flexibility index (Phi) is 4.40. The predicted octanol–water partition coefficient (Wildman–Crippen LogP) is 7.57. The first-order valence-electron chi connectivity index (χ1n) is 11.0. The molecular formula is C28H15ClN4O2. The highest BCUT2D eigenvalue weighted by molar-refractivity contribution is 6.28. The van der Waals surface area contributed by atoms with Crippen LogP contribution in [-0.2, 0) is 0 Å². The molecule has 0 unspecified atom stereocenters. The number of nitrogens with zero attached hydrogens (tertiary/aromatic N) is 4. The summed E-state index contributed by atoms with van der Waals surface area (Å²) in [4.78, 5) is 18.3. The third kappa shape index (κ3) is 3.26. The smallest absolute Gasteiger partial charge is 0.227 e. The number of hydrogen-bond acceptors (Lipinski definition) is 6. The number of halogens is 1. The van der Waals surface area contributed by atoms with Crippen LogP contribution in [-0.4, -0.2) is 19.9 Å². The Morgan fingerprint density at radius 1 is 0.543 bits per heavy atom. The van der Waals surface area contributed by atoms with Gasteiger partial charge in [-0.1, -0.05) is 54.6 Å². The van der Waals surface area contributed by atoms with E-state index in [1.165, 1.54) is 0 Å². The van der Waals surface area contributed by atoms with Crippen molar-refractivity contribution in [3.8, 4) is 34.2 Å². The molecule has 0 aliphatic rings. The largest absolute Gasteiger partial charge is 0.455 e. The maximum Gasteiger partial charge on any atom is 0.227 e. The monoisotopic (exact) mass is 474 g/mol. The molecule has 0 bridgehead atoms. The number of hydrogen-bond donors (Lipinski definition) is 0. The van der Waals surface area contributed by atoms with Gasteiger partial charge >= 0.3 is 0 Å². The normalized spacial score (nSPS) is 11.6. The molecule has 3 heterocycles.